The molecule has 1 heterocycles. The van der Waals surface area contributed by atoms with Crippen LogP contribution in [0.5, 0.6) is 0 Å². The molecule has 0 unspecified atom stereocenters. The molecule has 0 fully saturated rings. The van der Waals surface area contributed by atoms with Gasteiger partial charge in [0.25, 0.3) is 0 Å². The smallest absolute Gasteiger partial charge is 0.328 e. The van der Waals surface area contributed by atoms with Crippen molar-refractivity contribution in [3.8, 4) is 0 Å². The average molecular weight is 208 g/mol. The Balaban J connectivity index is 2.70. The summed E-state index contributed by atoms with van der Waals surface area (Å²) < 4.78 is 5.17. The fourth-order valence-corrected chi connectivity index (χ4v) is 1.07. The minimum absolute atomic E-state index is 0.422. The highest BCUT2D eigenvalue weighted by molar-refractivity contribution is 5.77. The summed E-state index contributed by atoms with van der Waals surface area (Å²) in [6.07, 6.45) is 3.19. The largest absolute Gasteiger partial charge is 0.459 e. The minimum Gasteiger partial charge on any atom is -0.459 e. The summed E-state index contributed by atoms with van der Waals surface area (Å²) in [5, 5.41) is 0. The minimum atomic E-state index is -0.743. The van der Waals surface area contributed by atoms with E-state index in [4.69, 9.17) is 10.5 Å². The molecular formula is C11H16N2O2. The number of carbonyl (C=O) groups excluding carboxylic acids is 1. The first-order valence-corrected chi connectivity index (χ1v) is 4.78. The number of rotatable bonds is 2. The number of hydrogen-bond acceptors (Lipinski definition) is 4. The molecule has 4 heteroatoms. The van der Waals surface area contributed by atoms with Crippen molar-refractivity contribution in [1.82, 2.24) is 4.98 Å². The Bertz CT molecular complexity index is 330. The highest BCUT2D eigenvalue weighted by atomic mass is 16.6. The Kier molecular flexibility index (Phi) is 3.42. The van der Waals surface area contributed by atoms with Crippen molar-refractivity contribution in [2.24, 2.45) is 5.73 Å². The van der Waals surface area contributed by atoms with Gasteiger partial charge in [0.1, 0.15) is 11.6 Å². The summed E-state index contributed by atoms with van der Waals surface area (Å²) in [5.74, 6) is -0.422. The second-order valence-electron chi connectivity index (χ2n) is 4.29. The van der Waals surface area contributed by atoms with E-state index in [-0.39, 0.29) is 0 Å². The van der Waals surface area contributed by atoms with Gasteiger partial charge in [-0.15, -0.1) is 0 Å². The number of carbonyl (C=O) groups is 1. The summed E-state index contributed by atoms with van der Waals surface area (Å²) in [7, 11) is 0. The first-order valence-electron chi connectivity index (χ1n) is 4.78. The molecule has 0 spiro atoms. The van der Waals surface area contributed by atoms with Crippen LogP contribution in [-0.4, -0.2) is 16.6 Å². The van der Waals surface area contributed by atoms with Crippen molar-refractivity contribution in [2.45, 2.75) is 32.4 Å². The van der Waals surface area contributed by atoms with Gasteiger partial charge in [-0.3, -0.25) is 4.98 Å². The Labute approximate surface area is 89.5 Å². The van der Waals surface area contributed by atoms with E-state index in [2.05, 4.69) is 4.98 Å². The van der Waals surface area contributed by atoms with Crippen LogP contribution in [0.25, 0.3) is 0 Å². The van der Waals surface area contributed by atoms with Crippen molar-refractivity contribution in [2.75, 3.05) is 0 Å². The molecule has 0 radical (unpaired) electrons. The predicted octanol–water partition coefficient (Wildman–Crippen LogP) is 1.42. The third-order valence-electron chi connectivity index (χ3n) is 1.73. The lowest BCUT2D eigenvalue weighted by Gasteiger charge is -2.22. The Morgan fingerprint density at radius 3 is 2.40 bits per heavy atom. The van der Waals surface area contributed by atoms with Gasteiger partial charge in [0.05, 0.1) is 0 Å². The second kappa shape index (κ2) is 4.40. The zero-order valence-corrected chi connectivity index (χ0v) is 9.23. The summed E-state index contributed by atoms with van der Waals surface area (Å²) >= 11 is 0. The van der Waals surface area contributed by atoms with Gasteiger partial charge in [-0.2, -0.15) is 0 Å². The zero-order valence-electron chi connectivity index (χ0n) is 9.23. The van der Waals surface area contributed by atoms with E-state index in [1.165, 1.54) is 0 Å². The molecule has 1 atom stereocenters. The summed E-state index contributed by atoms with van der Waals surface area (Å²) in [4.78, 5) is 15.4. The lowest BCUT2D eigenvalue weighted by molar-refractivity contribution is -0.156. The van der Waals surface area contributed by atoms with Crippen LogP contribution in [0.15, 0.2) is 24.5 Å². The number of nitrogens with two attached hydrogens (primary N) is 1. The Morgan fingerprint density at radius 1 is 1.40 bits per heavy atom. The molecule has 0 saturated carbocycles. The first-order chi connectivity index (χ1) is 6.90. The normalized spacial score (nSPS) is 13.3. The monoisotopic (exact) mass is 208 g/mol. The van der Waals surface area contributed by atoms with Gasteiger partial charge in [-0.05, 0) is 38.5 Å². The van der Waals surface area contributed by atoms with Crippen LogP contribution in [0.2, 0.25) is 0 Å². The number of nitrogens with zero attached hydrogens (tertiary/aromatic N) is 1. The van der Waals surface area contributed by atoms with E-state index < -0.39 is 17.6 Å². The third-order valence-corrected chi connectivity index (χ3v) is 1.73. The Hall–Kier alpha value is -1.42. The van der Waals surface area contributed by atoms with Gasteiger partial charge in [0, 0.05) is 12.4 Å². The van der Waals surface area contributed by atoms with Crippen LogP contribution >= 0.6 is 0 Å². The summed E-state index contributed by atoms with van der Waals surface area (Å²) in [6, 6.07) is 2.66. The number of pyridine rings is 1. The molecule has 2 N–H and O–H groups in total. The fourth-order valence-electron chi connectivity index (χ4n) is 1.07. The van der Waals surface area contributed by atoms with Crippen molar-refractivity contribution < 1.29 is 9.53 Å². The maximum absolute atomic E-state index is 11.6. The molecule has 0 aromatic carbocycles. The highest BCUT2D eigenvalue weighted by Gasteiger charge is 2.23. The van der Waals surface area contributed by atoms with Crippen LogP contribution in [0.1, 0.15) is 32.4 Å². The molecular weight excluding hydrogens is 192 g/mol. The predicted molar refractivity (Wildman–Crippen MR) is 57.0 cm³/mol. The molecule has 0 aliphatic rings. The van der Waals surface area contributed by atoms with Crippen LogP contribution in [0, 0.1) is 0 Å². The van der Waals surface area contributed by atoms with Crippen molar-refractivity contribution in [1.29, 1.82) is 0 Å². The quantitative estimate of drug-likeness (QED) is 0.746. The van der Waals surface area contributed by atoms with Crippen LogP contribution in [-0.2, 0) is 9.53 Å². The molecule has 0 bridgehead atoms. The maximum atomic E-state index is 11.6. The second-order valence-corrected chi connectivity index (χ2v) is 4.29. The van der Waals surface area contributed by atoms with E-state index in [9.17, 15) is 4.79 Å². The lowest BCUT2D eigenvalue weighted by Crippen LogP contribution is -2.31. The van der Waals surface area contributed by atoms with Crippen LogP contribution in [0.3, 0.4) is 0 Å². The van der Waals surface area contributed by atoms with Crippen molar-refractivity contribution in [3.05, 3.63) is 30.1 Å². The molecule has 82 valence electrons. The lowest BCUT2D eigenvalue weighted by atomic mass is 10.1. The third kappa shape index (κ3) is 3.67. The molecule has 15 heavy (non-hydrogen) atoms. The summed E-state index contributed by atoms with van der Waals surface area (Å²) in [6.45, 7) is 5.43. The van der Waals surface area contributed by atoms with Gasteiger partial charge in [0.15, 0.2) is 0 Å². The summed E-state index contributed by atoms with van der Waals surface area (Å²) in [5.41, 5.74) is 5.94. The zero-order chi connectivity index (χ0) is 11.5. The Morgan fingerprint density at radius 2 is 1.93 bits per heavy atom. The number of esters is 1. The van der Waals surface area contributed by atoms with Crippen LogP contribution < -0.4 is 5.73 Å². The standard InChI is InChI=1S/C11H16N2O2/c1-11(2,3)15-10(14)9(12)8-4-6-13-7-5-8/h4-7,9H,12H2,1-3H3/t9-/m1/s1. The molecule has 1 rings (SSSR count). The van der Waals surface area contributed by atoms with Gasteiger partial charge < -0.3 is 10.5 Å². The van der Waals surface area contributed by atoms with Crippen LogP contribution in [0.4, 0.5) is 0 Å². The van der Waals surface area contributed by atoms with E-state index in [1.807, 2.05) is 20.8 Å². The SMILES string of the molecule is CC(C)(C)OC(=O)[C@H](N)c1ccncc1. The van der Waals surface area contributed by atoms with Gasteiger partial charge >= 0.3 is 5.97 Å². The average Bonchev–Trinajstić information content (AvgIpc) is 2.15. The van der Waals surface area contributed by atoms with Gasteiger partial charge in [0.2, 0.25) is 0 Å². The van der Waals surface area contributed by atoms with E-state index in [1.54, 1.807) is 24.5 Å². The molecule has 0 aliphatic carbocycles. The molecule has 1 aromatic heterocycles. The van der Waals surface area contributed by atoms with Crippen molar-refractivity contribution >= 4 is 5.97 Å². The van der Waals surface area contributed by atoms with Gasteiger partial charge in [-0.1, -0.05) is 0 Å². The van der Waals surface area contributed by atoms with E-state index in [0.717, 1.165) is 0 Å². The molecule has 0 saturated heterocycles. The number of ether oxygens (including phenoxy) is 1. The van der Waals surface area contributed by atoms with E-state index in [0.29, 0.717) is 5.56 Å². The maximum Gasteiger partial charge on any atom is 0.328 e. The molecule has 0 aliphatic heterocycles. The number of aromatic nitrogens is 1. The van der Waals surface area contributed by atoms with E-state index >= 15 is 0 Å². The van der Waals surface area contributed by atoms with Gasteiger partial charge in [-0.25, -0.2) is 4.79 Å². The highest BCUT2D eigenvalue weighted by Crippen LogP contribution is 2.15. The molecule has 0 amide bonds. The number of hydrogen-bond donors (Lipinski definition) is 1. The first kappa shape index (κ1) is 11.7. The fraction of sp³-hybridized carbons (Fsp3) is 0.455. The molecule has 4 nitrogen and oxygen atoms in total. The van der Waals surface area contributed by atoms with Crippen molar-refractivity contribution in [3.63, 3.8) is 0 Å². The molecule has 1 aromatic rings. The topological polar surface area (TPSA) is 65.2 Å².